The third kappa shape index (κ3) is 5.72. The maximum atomic E-state index is 13.1. The normalized spacial score (nSPS) is 15.5. The molecule has 0 atom stereocenters. The minimum absolute atomic E-state index is 0.0729. The summed E-state index contributed by atoms with van der Waals surface area (Å²) < 4.78 is 0. The molecule has 0 heterocycles. The summed E-state index contributed by atoms with van der Waals surface area (Å²) in [7, 11) is 0. The summed E-state index contributed by atoms with van der Waals surface area (Å²) in [5.74, 6) is -0.148. The first-order valence-electron chi connectivity index (χ1n) is 13.0. The Bertz CT molecular complexity index is 1170. The first kappa shape index (κ1) is 27.3. The molecular weight excluding hydrogens is 446 g/mol. The van der Waals surface area contributed by atoms with E-state index in [1.807, 2.05) is 19.1 Å². The van der Waals surface area contributed by atoms with Gasteiger partial charge in [-0.1, -0.05) is 12.1 Å². The smallest absolute Gasteiger partial charge is 0.211 e. The Hall–Kier alpha value is -3.34. The molecule has 0 amide bonds. The van der Waals surface area contributed by atoms with E-state index >= 15 is 0 Å². The van der Waals surface area contributed by atoms with E-state index in [-0.39, 0.29) is 11.5 Å². The van der Waals surface area contributed by atoms with E-state index in [0.717, 1.165) is 41.2 Å². The molecule has 0 saturated heterocycles. The van der Waals surface area contributed by atoms with E-state index in [1.165, 1.54) is 5.69 Å². The minimum atomic E-state index is -0.221. The molecule has 2 aromatic rings. The number of hydrogen-bond donors (Lipinski definition) is 1. The van der Waals surface area contributed by atoms with Gasteiger partial charge < -0.3 is 14.9 Å². The van der Waals surface area contributed by atoms with Gasteiger partial charge in [0.25, 0.3) is 0 Å². The number of carbonyl (C=O) groups excluding carboxylic acids is 1. The number of aliphatic hydroxyl groups excluding tert-OH is 1. The molecule has 0 aliphatic heterocycles. The number of allylic oxidation sites excluding steroid dienone is 3. The second-order valence-electron chi connectivity index (χ2n) is 9.99. The molecule has 1 aliphatic carbocycles. The Labute approximate surface area is 216 Å². The van der Waals surface area contributed by atoms with E-state index in [9.17, 15) is 9.90 Å². The van der Waals surface area contributed by atoms with Gasteiger partial charge in [-0.05, 0) is 103 Å². The molecule has 5 heteroatoms. The van der Waals surface area contributed by atoms with Crippen molar-refractivity contribution >= 4 is 28.6 Å². The zero-order chi connectivity index (χ0) is 26.6. The summed E-state index contributed by atoms with van der Waals surface area (Å²) in [6.07, 6.45) is 0.536. The van der Waals surface area contributed by atoms with Gasteiger partial charge >= 0.3 is 0 Å². The number of rotatable bonds is 9. The van der Waals surface area contributed by atoms with Crippen molar-refractivity contribution in [2.45, 2.75) is 73.9 Å². The largest absolute Gasteiger partial charge is 0.507 e. The van der Waals surface area contributed by atoms with Gasteiger partial charge in [0, 0.05) is 54.1 Å². The molecule has 0 bridgehead atoms. The molecule has 0 fully saturated rings. The van der Waals surface area contributed by atoms with Crippen molar-refractivity contribution in [3.05, 3.63) is 76.6 Å². The first-order chi connectivity index (χ1) is 17.1. The molecule has 36 heavy (non-hydrogen) atoms. The van der Waals surface area contributed by atoms with E-state index in [1.54, 1.807) is 6.92 Å². The van der Waals surface area contributed by atoms with Gasteiger partial charge in [0.15, 0.2) is 0 Å². The molecular formula is C31H41N3O2. The van der Waals surface area contributed by atoms with Crippen molar-refractivity contribution in [3.8, 4) is 0 Å². The monoisotopic (exact) mass is 487 g/mol. The minimum Gasteiger partial charge on any atom is -0.507 e. The van der Waals surface area contributed by atoms with Gasteiger partial charge in [-0.25, -0.2) is 4.99 Å². The Kier molecular flexibility index (Phi) is 8.78. The van der Waals surface area contributed by atoms with Gasteiger partial charge in [-0.3, -0.25) is 4.79 Å². The molecule has 1 N–H and O–H groups in total. The van der Waals surface area contributed by atoms with Crippen molar-refractivity contribution in [1.29, 1.82) is 0 Å². The molecule has 2 aromatic carbocycles. The van der Waals surface area contributed by atoms with Crippen LogP contribution in [0.2, 0.25) is 0 Å². The highest BCUT2D eigenvalue weighted by atomic mass is 16.3. The van der Waals surface area contributed by atoms with Crippen LogP contribution in [0, 0.1) is 0 Å². The molecule has 5 nitrogen and oxygen atoms in total. The van der Waals surface area contributed by atoms with Crippen LogP contribution >= 0.6 is 0 Å². The van der Waals surface area contributed by atoms with Crippen LogP contribution in [0.1, 0.15) is 61.0 Å². The predicted molar refractivity (Wildman–Crippen MR) is 153 cm³/mol. The van der Waals surface area contributed by atoms with E-state index < -0.39 is 0 Å². The fourth-order valence-corrected chi connectivity index (χ4v) is 4.90. The van der Waals surface area contributed by atoms with E-state index in [0.29, 0.717) is 29.8 Å². The van der Waals surface area contributed by atoms with Gasteiger partial charge in [0.05, 0.1) is 5.69 Å². The Morgan fingerprint density at radius 1 is 0.778 bits per heavy atom. The van der Waals surface area contributed by atoms with Crippen LogP contribution in [-0.2, 0) is 11.2 Å². The van der Waals surface area contributed by atoms with Crippen molar-refractivity contribution in [3.63, 3.8) is 0 Å². The molecule has 0 aromatic heterocycles. The number of aliphatic hydroxyl groups is 1. The number of nitrogens with zero attached hydrogens (tertiary/aromatic N) is 3. The number of benzene rings is 2. The molecule has 0 saturated carbocycles. The topological polar surface area (TPSA) is 56.1 Å². The number of Topliss-reactive ketones (excluding diaryl/α,β-unsaturated/α-hetero) is 1. The fraction of sp³-hybridized carbons (Fsp3) is 0.419. The number of hydrogen-bond acceptors (Lipinski definition) is 5. The Morgan fingerprint density at radius 2 is 1.25 bits per heavy atom. The summed E-state index contributed by atoms with van der Waals surface area (Å²) >= 11 is 0. The number of carbonyl (C=O) groups is 1. The van der Waals surface area contributed by atoms with Gasteiger partial charge in [-0.15, -0.1) is 0 Å². The lowest BCUT2D eigenvalue weighted by Crippen LogP contribution is -2.30. The molecule has 3 rings (SSSR count). The van der Waals surface area contributed by atoms with Gasteiger partial charge in [0.1, 0.15) is 11.5 Å². The zero-order valence-corrected chi connectivity index (χ0v) is 23.1. The second-order valence-corrected chi connectivity index (χ2v) is 9.99. The predicted octanol–water partition coefficient (Wildman–Crippen LogP) is 7.20. The molecule has 0 radical (unpaired) electrons. The Balaban J connectivity index is 1.92. The Morgan fingerprint density at radius 3 is 1.69 bits per heavy atom. The van der Waals surface area contributed by atoms with Crippen LogP contribution in [0.15, 0.2) is 76.0 Å². The van der Waals surface area contributed by atoms with Gasteiger partial charge in [0.2, 0.25) is 5.78 Å². The third-order valence-corrected chi connectivity index (χ3v) is 7.00. The van der Waals surface area contributed by atoms with Crippen LogP contribution < -0.4 is 9.80 Å². The van der Waals surface area contributed by atoms with Crippen molar-refractivity contribution in [2.75, 3.05) is 22.9 Å². The lowest BCUT2D eigenvalue weighted by molar-refractivity contribution is -0.109. The summed E-state index contributed by atoms with van der Waals surface area (Å²) in [5, 5.41) is 10.9. The van der Waals surface area contributed by atoms with Gasteiger partial charge in [-0.2, -0.15) is 0 Å². The lowest BCUT2D eigenvalue weighted by atomic mass is 9.86. The number of aliphatic imine (C=N–C) groups is 1. The summed E-state index contributed by atoms with van der Waals surface area (Å²) in [6, 6.07) is 17.3. The van der Waals surface area contributed by atoms with Crippen LogP contribution in [0.3, 0.4) is 0 Å². The SMILES string of the molecule is CCN(c1ccc(CC2=C(C)C(=Nc3ccc(N(CC)C(C)C)cc3)C(=O)C(C)=C2O)cc1)C(C)C. The molecule has 1 aliphatic rings. The highest BCUT2D eigenvalue weighted by molar-refractivity contribution is 6.52. The van der Waals surface area contributed by atoms with Crippen molar-refractivity contribution in [1.82, 2.24) is 0 Å². The van der Waals surface area contributed by atoms with Crippen molar-refractivity contribution < 1.29 is 9.90 Å². The molecule has 0 unspecified atom stereocenters. The highest BCUT2D eigenvalue weighted by Crippen LogP contribution is 2.31. The summed E-state index contributed by atoms with van der Waals surface area (Å²) in [6.45, 7) is 18.5. The second kappa shape index (κ2) is 11.6. The van der Waals surface area contributed by atoms with Crippen LogP contribution in [0.4, 0.5) is 17.1 Å². The van der Waals surface area contributed by atoms with E-state index in [4.69, 9.17) is 4.99 Å². The third-order valence-electron chi connectivity index (χ3n) is 7.00. The average Bonchev–Trinajstić information content (AvgIpc) is 2.85. The fourth-order valence-electron chi connectivity index (χ4n) is 4.90. The maximum Gasteiger partial charge on any atom is 0.211 e. The average molecular weight is 488 g/mol. The molecule has 192 valence electrons. The summed E-state index contributed by atoms with van der Waals surface area (Å²) in [5.41, 5.74) is 6.35. The lowest BCUT2D eigenvalue weighted by Gasteiger charge is -2.28. The highest BCUT2D eigenvalue weighted by Gasteiger charge is 2.29. The number of anilines is 2. The van der Waals surface area contributed by atoms with Crippen molar-refractivity contribution in [2.24, 2.45) is 4.99 Å². The first-order valence-corrected chi connectivity index (χ1v) is 13.0. The summed E-state index contributed by atoms with van der Waals surface area (Å²) in [4.78, 5) is 22.5. The molecule has 0 spiro atoms. The van der Waals surface area contributed by atoms with Crippen LogP contribution in [0.25, 0.3) is 0 Å². The van der Waals surface area contributed by atoms with E-state index in [2.05, 4.69) is 87.7 Å². The standard InChI is InChI=1S/C31H41N3O2/c1-9-33(20(3)4)26-15-11-24(12-16-26)19-28-22(7)29(31(36)23(8)30(28)35)32-25-13-17-27(18-14-25)34(10-2)21(5)6/h11-18,20-21,35H,9-10,19H2,1-8H3. The quantitative estimate of drug-likeness (QED) is 0.380. The van der Waals surface area contributed by atoms with Crippen LogP contribution in [-0.4, -0.2) is 41.8 Å². The maximum absolute atomic E-state index is 13.1. The zero-order valence-electron chi connectivity index (χ0n) is 23.1. The number of ketones is 1. The van der Waals surface area contributed by atoms with Crippen LogP contribution in [0.5, 0.6) is 0 Å².